The summed E-state index contributed by atoms with van der Waals surface area (Å²) in [7, 11) is 0. The molecule has 0 aliphatic heterocycles. The number of hydrogen-bond donors (Lipinski definition) is 2. The molecule has 0 saturated heterocycles. The molecular formula is C24H25N5O. The number of nitrogens with zero attached hydrogens (tertiary/aromatic N) is 3. The van der Waals surface area contributed by atoms with Crippen molar-refractivity contribution in [3.63, 3.8) is 0 Å². The molecule has 0 aliphatic carbocycles. The maximum absolute atomic E-state index is 12.6. The lowest BCUT2D eigenvalue weighted by Crippen LogP contribution is -2.17. The van der Waals surface area contributed by atoms with Gasteiger partial charge < -0.3 is 5.32 Å². The summed E-state index contributed by atoms with van der Waals surface area (Å²) in [5.74, 6) is 0.959. The summed E-state index contributed by atoms with van der Waals surface area (Å²) >= 11 is 0. The van der Waals surface area contributed by atoms with Gasteiger partial charge in [-0.15, -0.1) is 6.58 Å². The fraction of sp³-hybridized carbons (Fsp3) is 0.208. The van der Waals surface area contributed by atoms with E-state index in [4.69, 9.17) is 0 Å². The molecule has 0 amide bonds. The number of anilines is 1. The Balaban J connectivity index is 1.61. The molecular weight excluding hydrogens is 374 g/mol. The van der Waals surface area contributed by atoms with Crippen LogP contribution in [0.5, 0.6) is 0 Å². The highest BCUT2D eigenvalue weighted by atomic mass is 16.1. The number of H-pyrrole nitrogens is 1. The lowest BCUT2D eigenvalue weighted by molar-refractivity contribution is 0.672. The zero-order valence-electron chi connectivity index (χ0n) is 17.4. The minimum atomic E-state index is -0.190. The number of aromatic amines is 1. The monoisotopic (exact) mass is 399 g/mol. The molecule has 0 saturated carbocycles. The summed E-state index contributed by atoms with van der Waals surface area (Å²) in [6, 6.07) is 17.6. The molecule has 4 aromatic rings. The number of nitrogens with one attached hydrogen (secondary N) is 2. The second-order valence-electron chi connectivity index (χ2n) is 7.96. The topological polar surface area (TPSA) is 75.1 Å². The van der Waals surface area contributed by atoms with Gasteiger partial charge >= 0.3 is 0 Å². The summed E-state index contributed by atoms with van der Waals surface area (Å²) in [4.78, 5) is 21.6. The summed E-state index contributed by atoms with van der Waals surface area (Å²) in [6.45, 7) is 10.6. The van der Waals surface area contributed by atoms with Crippen LogP contribution in [0.15, 0.2) is 72.0 Å². The van der Waals surface area contributed by atoms with Gasteiger partial charge in [-0.2, -0.15) is 9.50 Å². The van der Waals surface area contributed by atoms with E-state index in [1.807, 2.05) is 49.4 Å². The van der Waals surface area contributed by atoms with Crippen LogP contribution in [0.3, 0.4) is 0 Å². The third-order valence-electron chi connectivity index (χ3n) is 5.40. The number of hydrogen-bond acceptors (Lipinski definition) is 4. The van der Waals surface area contributed by atoms with Gasteiger partial charge in [-0.1, -0.05) is 62.4 Å². The highest BCUT2D eigenvalue weighted by molar-refractivity contribution is 5.58. The fourth-order valence-corrected chi connectivity index (χ4v) is 3.28. The van der Waals surface area contributed by atoms with Crippen LogP contribution in [0.4, 0.5) is 5.69 Å². The van der Waals surface area contributed by atoms with Gasteiger partial charge in [-0.3, -0.25) is 9.89 Å². The Morgan fingerprint density at radius 3 is 2.57 bits per heavy atom. The zero-order chi connectivity index (χ0) is 21.3. The Morgan fingerprint density at radius 1 is 1.13 bits per heavy atom. The standard InChI is InChI=1S/C24H25N5O/c1-5-24(3,4)18-12-10-17(11-13-18)22-27-23-26-19(14-21(30)29(23)28-22)15-25-20-9-7-6-8-16(20)2/h5-14,25H,1,15H2,2-4H3,(H,26,27,28). The molecule has 2 N–H and O–H groups in total. The van der Waals surface area contributed by atoms with Crippen molar-refractivity contribution in [3.8, 4) is 11.4 Å². The van der Waals surface area contributed by atoms with Gasteiger partial charge in [0.2, 0.25) is 0 Å². The van der Waals surface area contributed by atoms with Crippen molar-refractivity contribution in [2.45, 2.75) is 32.7 Å². The molecule has 0 aliphatic rings. The first-order valence-corrected chi connectivity index (χ1v) is 9.90. The molecule has 2 aromatic heterocycles. The van der Waals surface area contributed by atoms with E-state index >= 15 is 0 Å². The maximum Gasteiger partial charge on any atom is 0.274 e. The Hall–Kier alpha value is -3.67. The molecule has 6 heteroatoms. The molecule has 6 nitrogen and oxygen atoms in total. The fourth-order valence-electron chi connectivity index (χ4n) is 3.28. The maximum atomic E-state index is 12.6. The van der Waals surface area contributed by atoms with Crippen molar-refractivity contribution in [1.29, 1.82) is 0 Å². The molecule has 0 fully saturated rings. The van der Waals surface area contributed by atoms with E-state index in [9.17, 15) is 4.79 Å². The van der Waals surface area contributed by atoms with E-state index in [0.717, 1.165) is 22.4 Å². The Bertz CT molecular complexity index is 1260. The molecule has 0 atom stereocenters. The van der Waals surface area contributed by atoms with E-state index in [2.05, 4.69) is 52.9 Å². The van der Waals surface area contributed by atoms with Crippen LogP contribution in [0.1, 0.15) is 30.7 Å². The molecule has 0 radical (unpaired) electrons. The van der Waals surface area contributed by atoms with Crippen molar-refractivity contribution in [1.82, 2.24) is 19.6 Å². The highest BCUT2D eigenvalue weighted by Crippen LogP contribution is 2.26. The second kappa shape index (κ2) is 7.63. The van der Waals surface area contributed by atoms with Crippen molar-refractivity contribution in [2.75, 3.05) is 5.32 Å². The van der Waals surface area contributed by atoms with Gasteiger partial charge in [0, 0.05) is 22.7 Å². The summed E-state index contributed by atoms with van der Waals surface area (Å²) in [5.41, 5.74) is 4.56. The number of benzene rings is 2. The number of para-hydroxylation sites is 1. The van der Waals surface area contributed by atoms with Crippen molar-refractivity contribution in [3.05, 3.63) is 94.4 Å². The minimum Gasteiger partial charge on any atom is -0.379 e. The van der Waals surface area contributed by atoms with Gasteiger partial charge in [0.25, 0.3) is 11.3 Å². The molecule has 0 bridgehead atoms. The second-order valence-corrected chi connectivity index (χ2v) is 7.96. The molecule has 0 unspecified atom stereocenters. The normalized spacial score (nSPS) is 11.6. The van der Waals surface area contributed by atoms with Gasteiger partial charge in [0.05, 0.1) is 12.2 Å². The quantitative estimate of drug-likeness (QED) is 0.469. The largest absolute Gasteiger partial charge is 0.379 e. The van der Waals surface area contributed by atoms with Crippen LogP contribution in [0, 0.1) is 6.92 Å². The lowest BCUT2D eigenvalue weighted by Gasteiger charge is -2.20. The number of aromatic nitrogens is 4. The summed E-state index contributed by atoms with van der Waals surface area (Å²) in [5, 5.41) is 6.38. The SMILES string of the molecule is C=CC(C)(C)c1ccc(-c2nc3nc(CNc4ccccc4C)cc(=O)n3[nH]2)cc1. The number of aryl methyl sites for hydroxylation is 1. The summed E-state index contributed by atoms with van der Waals surface area (Å²) in [6.07, 6.45) is 1.93. The third-order valence-corrected chi connectivity index (χ3v) is 5.40. The van der Waals surface area contributed by atoms with Crippen LogP contribution in [0.2, 0.25) is 0 Å². The third kappa shape index (κ3) is 3.76. The van der Waals surface area contributed by atoms with Gasteiger partial charge in [0.15, 0.2) is 5.82 Å². The number of fused-ring (bicyclic) bond motifs is 1. The molecule has 0 spiro atoms. The number of rotatable bonds is 6. The number of allylic oxidation sites excluding steroid dienone is 1. The van der Waals surface area contributed by atoms with Gasteiger partial charge in [-0.25, -0.2) is 4.98 Å². The predicted octanol–water partition coefficient (Wildman–Crippen LogP) is 4.47. The Morgan fingerprint density at radius 2 is 1.87 bits per heavy atom. The molecule has 152 valence electrons. The van der Waals surface area contributed by atoms with Crippen LogP contribution in [0.25, 0.3) is 17.2 Å². The van der Waals surface area contributed by atoms with Gasteiger partial charge in [0.1, 0.15) is 0 Å². The predicted molar refractivity (Wildman–Crippen MR) is 121 cm³/mol. The molecule has 30 heavy (non-hydrogen) atoms. The highest BCUT2D eigenvalue weighted by Gasteiger charge is 2.16. The molecule has 4 rings (SSSR count). The first-order chi connectivity index (χ1) is 14.4. The van der Waals surface area contributed by atoms with Crippen LogP contribution < -0.4 is 10.9 Å². The van der Waals surface area contributed by atoms with E-state index in [0.29, 0.717) is 23.8 Å². The first kappa shape index (κ1) is 19.6. The summed E-state index contributed by atoms with van der Waals surface area (Å²) < 4.78 is 1.37. The molecule has 2 aromatic carbocycles. The Labute approximate surface area is 175 Å². The van der Waals surface area contributed by atoms with Crippen LogP contribution >= 0.6 is 0 Å². The smallest absolute Gasteiger partial charge is 0.274 e. The van der Waals surface area contributed by atoms with E-state index < -0.39 is 0 Å². The minimum absolute atomic E-state index is 0.107. The zero-order valence-corrected chi connectivity index (χ0v) is 17.4. The van der Waals surface area contributed by atoms with E-state index in [1.165, 1.54) is 10.6 Å². The Kier molecular flexibility index (Phi) is 4.99. The van der Waals surface area contributed by atoms with Crippen LogP contribution in [-0.2, 0) is 12.0 Å². The van der Waals surface area contributed by atoms with E-state index in [-0.39, 0.29) is 11.0 Å². The first-order valence-electron chi connectivity index (χ1n) is 9.90. The van der Waals surface area contributed by atoms with Crippen molar-refractivity contribution >= 4 is 11.5 Å². The molecule has 2 heterocycles. The van der Waals surface area contributed by atoms with Crippen molar-refractivity contribution in [2.24, 2.45) is 0 Å². The van der Waals surface area contributed by atoms with Crippen LogP contribution in [-0.4, -0.2) is 19.6 Å². The lowest BCUT2D eigenvalue weighted by atomic mass is 9.84. The van der Waals surface area contributed by atoms with E-state index in [1.54, 1.807) is 0 Å². The van der Waals surface area contributed by atoms with Crippen molar-refractivity contribution < 1.29 is 0 Å². The van der Waals surface area contributed by atoms with Gasteiger partial charge in [-0.05, 0) is 24.1 Å². The average molecular weight is 399 g/mol. The average Bonchev–Trinajstić information content (AvgIpc) is 3.18.